The van der Waals surface area contributed by atoms with Gasteiger partial charge in [0.15, 0.2) is 0 Å². The molecule has 8 N–H and O–H groups in total. The zero-order chi connectivity index (χ0) is 50.4. The molecular weight excluding hydrogens is 881 g/mol. The Bertz CT molecular complexity index is 1560. The summed E-state index contributed by atoms with van der Waals surface area (Å²) in [4.78, 5) is 0. The van der Waals surface area contributed by atoms with Crippen molar-refractivity contribution in [2.24, 2.45) is 189 Å². The summed E-state index contributed by atoms with van der Waals surface area (Å²) in [5.74, 6) is 24.6. The van der Waals surface area contributed by atoms with E-state index in [0.29, 0.717) is 96.7 Å². The van der Waals surface area contributed by atoms with Gasteiger partial charge >= 0.3 is 0 Å². The Balaban J connectivity index is 0.887. The van der Waals surface area contributed by atoms with E-state index in [2.05, 4.69) is 153 Å². The molecule has 0 radical (unpaired) electrons. The third-order valence-electron chi connectivity index (χ3n) is 30.4. The molecule has 8 aliphatic carbocycles. The molecule has 5 aliphatic heterocycles. The van der Waals surface area contributed by atoms with Gasteiger partial charge < -0.3 is 0 Å². The lowest BCUT2D eigenvalue weighted by atomic mass is 9.51. The molecule has 0 amide bonds. The van der Waals surface area contributed by atoms with Crippen LogP contribution in [0.2, 0.25) is 0 Å². The van der Waals surface area contributed by atoms with Crippen LogP contribution in [0.25, 0.3) is 0 Å². The largest absolute Gasteiger partial charge is 0.286 e. The van der Waals surface area contributed by atoms with Gasteiger partial charge in [0, 0.05) is 0 Å². The minimum Gasteiger partial charge on any atom is -0.286 e. The van der Waals surface area contributed by atoms with Crippen molar-refractivity contribution in [3.63, 3.8) is 0 Å². The first-order valence-electron chi connectivity index (χ1n) is 32.4. The highest BCUT2D eigenvalue weighted by Crippen LogP contribution is 2.62. The summed E-state index contributed by atoms with van der Waals surface area (Å²) in [7, 11) is 0. The predicted octanol–water partition coefficient (Wildman–Crippen LogP) is 10.6. The molecule has 13 rings (SSSR count). The van der Waals surface area contributed by atoms with Crippen LogP contribution in [0, 0.1) is 189 Å². The van der Waals surface area contributed by atoms with Gasteiger partial charge in [-0.15, -0.1) is 0 Å². The predicted molar refractivity (Wildman–Crippen MR) is 295 cm³/mol. The van der Waals surface area contributed by atoms with Gasteiger partial charge in [0.05, 0.1) is 49.3 Å². The lowest BCUT2D eigenvalue weighted by Gasteiger charge is -2.55. The van der Waals surface area contributed by atoms with Crippen molar-refractivity contribution in [2.75, 3.05) is 0 Å². The Morgan fingerprint density at radius 1 is 0.139 bits per heavy atom. The molecule has 8 heteroatoms. The summed E-state index contributed by atoms with van der Waals surface area (Å²) in [6.45, 7) is 42.2. The van der Waals surface area contributed by atoms with Crippen molar-refractivity contribution in [3.8, 4) is 0 Å². The molecule has 8 bridgehead atoms. The summed E-state index contributed by atoms with van der Waals surface area (Å²) < 4.78 is 0. The highest BCUT2D eigenvalue weighted by Gasteiger charge is 2.63. The van der Waals surface area contributed by atoms with E-state index >= 15 is 0 Å². The summed E-state index contributed by atoms with van der Waals surface area (Å²) in [6.07, 6.45) is 13.7. The van der Waals surface area contributed by atoms with Crippen LogP contribution in [-0.2, 0) is 0 Å². The summed E-state index contributed by atoms with van der Waals surface area (Å²) in [6, 6.07) is 0. The number of hydrogen-bond donors (Lipinski definition) is 8. The van der Waals surface area contributed by atoms with Crippen LogP contribution in [0.3, 0.4) is 0 Å². The van der Waals surface area contributed by atoms with Crippen LogP contribution in [0.4, 0.5) is 0 Å². The highest BCUT2D eigenvalue weighted by molar-refractivity contribution is 5.14. The molecule has 13 fully saturated rings. The van der Waals surface area contributed by atoms with Crippen molar-refractivity contribution >= 4 is 0 Å². The molecule has 8 nitrogen and oxygen atoms in total. The maximum Gasteiger partial charge on any atom is 0.0628 e. The molecule has 8 saturated carbocycles. The second-order valence-electron chi connectivity index (χ2n) is 31.4. The number of rotatable bonds is 0. The average molecular weight is 994 g/mol. The van der Waals surface area contributed by atoms with Gasteiger partial charge in [0.1, 0.15) is 0 Å². The standard InChI is InChI=1S/C64H112N8/c1-25-26(2)34(10)42-18-50-49(17-41(42)33(25)9)57-65-58(50)70-60-53-21-45-37(13)29(5)30(6)38(14)46(45)22-54(53)62(67-60)72-64-56-24-48-40(16)32(8)31(7)39(15)47(48)23-55(56)63(68-64)71-61-52-20-44-36(12)28(4)27(3)35(11)43(44)19-51(52)59(66-61)69-57/h25-72H,17-24H2,1-16H3. The molecule has 32 atom stereocenters. The van der Waals surface area contributed by atoms with E-state index < -0.39 is 0 Å². The Morgan fingerprint density at radius 2 is 0.236 bits per heavy atom. The number of nitrogens with one attached hydrogen (secondary N) is 8. The van der Waals surface area contributed by atoms with E-state index in [1.165, 1.54) is 51.4 Å². The van der Waals surface area contributed by atoms with Crippen LogP contribution in [0.5, 0.6) is 0 Å². The number of hydrogen-bond acceptors (Lipinski definition) is 8. The number of fused-ring (bicyclic) bond motifs is 24. The third-order valence-corrected chi connectivity index (χ3v) is 30.4. The van der Waals surface area contributed by atoms with Gasteiger partial charge in [-0.3, -0.25) is 42.5 Å². The molecule has 408 valence electrons. The quantitative estimate of drug-likeness (QED) is 0.122. The molecule has 5 heterocycles. The van der Waals surface area contributed by atoms with Crippen LogP contribution in [-0.4, -0.2) is 49.3 Å². The Hall–Kier alpha value is -0.320. The first-order valence-corrected chi connectivity index (χ1v) is 32.4. The topological polar surface area (TPSA) is 96.2 Å². The first kappa shape index (κ1) is 51.1. The molecule has 0 aromatic carbocycles. The van der Waals surface area contributed by atoms with E-state index in [0.717, 1.165) is 142 Å². The fraction of sp³-hybridized carbons (Fsp3) is 1.00. The van der Waals surface area contributed by atoms with Gasteiger partial charge in [-0.1, -0.05) is 111 Å². The van der Waals surface area contributed by atoms with E-state index in [1.807, 2.05) is 0 Å². The Kier molecular flexibility index (Phi) is 13.2. The first-order chi connectivity index (χ1) is 34.3. The van der Waals surface area contributed by atoms with Crippen molar-refractivity contribution in [2.45, 2.75) is 211 Å². The minimum absolute atomic E-state index is 0.325. The van der Waals surface area contributed by atoms with Crippen molar-refractivity contribution in [1.29, 1.82) is 0 Å². The molecule has 0 aromatic rings. The molecule has 72 heavy (non-hydrogen) atoms. The lowest BCUT2D eigenvalue weighted by Crippen LogP contribution is -2.61. The van der Waals surface area contributed by atoms with E-state index in [1.54, 1.807) is 0 Å². The zero-order valence-corrected chi connectivity index (χ0v) is 48.8. The normalized spacial score (nSPS) is 66.0. The van der Waals surface area contributed by atoms with E-state index in [9.17, 15) is 0 Å². The Labute approximate surface area is 441 Å². The zero-order valence-electron chi connectivity index (χ0n) is 48.8. The van der Waals surface area contributed by atoms with Crippen molar-refractivity contribution in [1.82, 2.24) is 42.5 Å². The summed E-state index contributed by atoms with van der Waals surface area (Å²) in [5, 5.41) is 36.9. The Morgan fingerprint density at radius 3 is 0.333 bits per heavy atom. The smallest absolute Gasteiger partial charge is 0.0628 e. The van der Waals surface area contributed by atoms with Gasteiger partial charge in [0.25, 0.3) is 0 Å². The van der Waals surface area contributed by atoms with E-state index in [4.69, 9.17) is 0 Å². The van der Waals surface area contributed by atoms with Gasteiger partial charge in [-0.05, 0) is 241 Å². The maximum atomic E-state index is 4.66. The van der Waals surface area contributed by atoms with Crippen LogP contribution >= 0.6 is 0 Å². The maximum absolute atomic E-state index is 4.66. The lowest BCUT2D eigenvalue weighted by molar-refractivity contribution is -0.0579. The fourth-order valence-electron chi connectivity index (χ4n) is 24.1. The van der Waals surface area contributed by atoms with Crippen molar-refractivity contribution in [3.05, 3.63) is 0 Å². The molecule has 13 aliphatic rings. The van der Waals surface area contributed by atoms with Gasteiger partial charge in [-0.25, -0.2) is 0 Å². The van der Waals surface area contributed by atoms with Crippen molar-refractivity contribution < 1.29 is 0 Å². The second-order valence-corrected chi connectivity index (χ2v) is 31.4. The molecule has 0 spiro atoms. The molecule has 0 aromatic heterocycles. The van der Waals surface area contributed by atoms with Crippen LogP contribution in [0.1, 0.15) is 162 Å². The van der Waals surface area contributed by atoms with Gasteiger partial charge in [0.2, 0.25) is 0 Å². The minimum atomic E-state index is 0.325. The molecule has 5 saturated heterocycles. The highest BCUT2D eigenvalue weighted by atomic mass is 15.4. The fourth-order valence-corrected chi connectivity index (χ4v) is 24.1. The van der Waals surface area contributed by atoms with Crippen LogP contribution < -0.4 is 42.5 Å². The summed E-state index contributed by atoms with van der Waals surface area (Å²) in [5.41, 5.74) is 0. The SMILES string of the molecule is CC1C(C)C(C)C2CC3C4NC(NC5NC(NC6NC(NC7NC(N4)C4CC8C(C)C(C)C(C)C(C)C8CC74)C4CC7C(C)C(C)C(C)C(C)C7CC64)C4CC6C(C)C(C)C(C)C(C)C6CC54)C3CC2C1C. The third kappa shape index (κ3) is 7.62. The molecule has 32 unspecified atom stereocenters. The van der Waals surface area contributed by atoms with Crippen LogP contribution in [0.15, 0.2) is 0 Å². The second kappa shape index (κ2) is 18.6. The molecular formula is C64H112N8. The van der Waals surface area contributed by atoms with E-state index in [-0.39, 0.29) is 0 Å². The average Bonchev–Trinajstić information content (AvgIpc) is 4.11. The monoisotopic (exact) mass is 993 g/mol. The summed E-state index contributed by atoms with van der Waals surface area (Å²) >= 11 is 0. The van der Waals surface area contributed by atoms with Gasteiger partial charge in [-0.2, -0.15) is 0 Å².